The van der Waals surface area contributed by atoms with E-state index in [1.54, 1.807) is 18.2 Å². The highest BCUT2D eigenvalue weighted by Gasteiger charge is 2.18. The van der Waals surface area contributed by atoms with Crippen LogP contribution in [0.4, 0.5) is 30.7 Å². The Balaban J connectivity index is 1.41. The van der Waals surface area contributed by atoms with E-state index >= 15 is 8.78 Å². The summed E-state index contributed by atoms with van der Waals surface area (Å²) in [5.74, 6) is -6.10. The molecular formula is C34H23F7O. The van der Waals surface area contributed by atoms with Crippen molar-refractivity contribution in [2.75, 3.05) is 6.86 Å². The summed E-state index contributed by atoms with van der Waals surface area (Å²) in [6.07, 6.45) is 1.60. The molecule has 0 heterocycles. The SMILES string of the molecule is CCCc1ccc(-c2ccc(-c3ccc(-c4ccc(-c5cc(F)c(OCF)c(F)c5)c(F)c4)c(F)c3)c(F)c2)c(F)c1. The van der Waals surface area contributed by atoms with Crippen LogP contribution < -0.4 is 4.74 Å². The summed E-state index contributed by atoms with van der Waals surface area (Å²) >= 11 is 0. The zero-order valence-electron chi connectivity index (χ0n) is 22.3. The smallest absolute Gasteiger partial charge is 0.228 e. The van der Waals surface area contributed by atoms with E-state index in [9.17, 15) is 22.0 Å². The van der Waals surface area contributed by atoms with Crippen LogP contribution in [0.3, 0.4) is 0 Å². The van der Waals surface area contributed by atoms with Crippen LogP contribution in [0.1, 0.15) is 18.9 Å². The quantitative estimate of drug-likeness (QED) is 0.166. The van der Waals surface area contributed by atoms with Gasteiger partial charge in [0.2, 0.25) is 6.86 Å². The molecular weight excluding hydrogens is 557 g/mol. The molecule has 0 radical (unpaired) electrons. The zero-order chi connectivity index (χ0) is 30.0. The van der Waals surface area contributed by atoms with Crippen molar-refractivity contribution in [1.29, 1.82) is 0 Å². The van der Waals surface area contributed by atoms with Gasteiger partial charge in [0.1, 0.15) is 23.3 Å². The highest BCUT2D eigenvalue weighted by atomic mass is 19.2. The molecule has 0 unspecified atom stereocenters. The monoisotopic (exact) mass is 580 g/mol. The lowest BCUT2D eigenvalue weighted by Crippen LogP contribution is -1.98. The predicted molar refractivity (Wildman–Crippen MR) is 149 cm³/mol. The third kappa shape index (κ3) is 5.75. The molecule has 214 valence electrons. The number of benzene rings is 5. The van der Waals surface area contributed by atoms with E-state index in [1.807, 2.05) is 6.92 Å². The fourth-order valence-corrected chi connectivity index (χ4v) is 4.90. The Morgan fingerprint density at radius 1 is 0.476 bits per heavy atom. The van der Waals surface area contributed by atoms with Crippen molar-refractivity contribution in [3.05, 3.63) is 125 Å². The Kier molecular flexibility index (Phi) is 8.34. The Bertz CT molecular complexity index is 1760. The second kappa shape index (κ2) is 12.1. The molecule has 5 aromatic rings. The topological polar surface area (TPSA) is 9.23 Å². The van der Waals surface area contributed by atoms with Gasteiger partial charge in [-0.2, -0.15) is 0 Å². The molecule has 0 aliphatic carbocycles. The van der Waals surface area contributed by atoms with Crippen molar-refractivity contribution in [3.8, 4) is 50.3 Å². The summed E-state index contributed by atoms with van der Waals surface area (Å²) in [4.78, 5) is 0. The largest absolute Gasteiger partial charge is 0.457 e. The van der Waals surface area contributed by atoms with E-state index in [-0.39, 0.29) is 38.9 Å². The summed E-state index contributed by atoms with van der Waals surface area (Å²) in [5.41, 5.74) is 1.58. The van der Waals surface area contributed by atoms with Crippen LogP contribution in [0.2, 0.25) is 0 Å². The lowest BCUT2D eigenvalue weighted by atomic mass is 9.95. The van der Waals surface area contributed by atoms with Crippen LogP contribution in [-0.2, 0) is 6.42 Å². The lowest BCUT2D eigenvalue weighted by Gasteiger charge is -2.12. The maximum absolute atomic E-state index is 15.2. The first-order valence-corrected chi connectivity index (χ1v) is 13.1. The summed E-state index contributed by atoms with van der Waals surface area (Å²) in [6, 6.07) is 18.2. The van der Waals surface area contributed by atoms with Crippen molar-refractivity contribution in [3.63, 3.8) is 0 Å². The van der Waals surface area contributed by atoms with Crippen molar-refractivity contribution in [2.24, 2.45) is 0 Å². The minimum atomic E-state index is -1.44. The van der Waals surface area contributed by atoms with Gasteiger partial charge in [0.15, 0.2) is 17.4 Å². The number of alkyl halides is 1. The van der Waals surface area contributed by atoms with Gasteiger partial charge in [-0.1, -0.05) is 61.9 Å². The Labute approximate surface area is 237 Å². The maximum atomic E-state index is 15.2. The van der Waals surface area contributed by atoms with Gasteiger partial charge in [-0.15, -0.1) is 0 Å². The van der Waals surface area contributed by atoms with Crippen LogP contribution >= 0.6 is 0 Å². The van der Waals surface area contributed by atoms with E-state index < -0.39 is 47.5 Å². The zero-order valence-corrected chi connectivity index (χ0v) is 22.3. The second-order valence-electron chi connectivity index (χ2n) is 9.67. The standard InChI is InChI=1S/C34H23F7O/c1-2-3-19-4-8-24(28(36)12-19)20-5-9-25(29(37)13-20)21-6-10-26(30(38)14-21)22-7-11-27(31(39)15-22)23-16-32(40)34(42-18-35)33(41)17-23/h4-17H,2-3,18H2,1H3. The summed E-state index contributed by atoms with van der Waals surface area (Å²) in [5, 5.41) is 0. The van der Waals surface area contributed by atoms with E-state index in [4.69, 9.17) is 0 Å². The van der Waals surface area contributed by atoms with Crippen molar-refractivity contribution in [2.45, 2.75) is 19.8 Å². The van der Waals surface area contributed by atoms with Crippen molar-refractivity contribution in [1.82, 2.24) is 0 Å². The number of ether oxygens (including phenoxy) is 1. The number of rotatable bonds is 8. The normalized spacial score (nSPS) is 11.1. The molecule has 0 fully saturated rings. The van der Waals surface area contributed by atoms with Gasteiger partial charge >= 0.3 is 0 Å². The van der Waals surface area contributed by atoms with E-state index in [0.29, 0.717) is 5.56 Å². The number of halogens is 7. The molecule has 8 heteroatoms. The lowest BCUT2D eigenvalue weighted by molar-refractivity contribution is 0.176. The van der Waals surface area contributed by atoms with Gasteiger partial charge in [-0.05, 0) is 70.6 Å². The third-order valence-corrected chi connectivity index (χ3v) is 6.92. The van der Waals surface area contributed by atoms with Gasteiger partial charge < -0.3 is 4.74 Å². The van der Waals surface area contributed by atoms with E-state index in [0.717, 1.165) is 42.7 Å². The fourth-order valence-electron chi connectivity index (χ4n) is 4.90. The first-order chi connectivity index (χ1) is 20.2. The van der Waals surface area contributed by atoms with E-state index in [2.05, 4.69) is 4.74 Å². The van der Waals surface area contributed by atoms with Crippen molar-refractivity contribution < 1.29 is 35.5 Å². The highest BCUT2D eigenvalue weighted by molar-refractivity contribution is 5.76. The molecule has 0 saturated carbocycles. The molecule has 0 saturated heterocycles. The maximum Gasteiger partial charge on any atom is 0.228 e. The Morgan fingerprint density at radius 3 is 1.24 bits per heavy atom. The van der Waals surface area contributed by atoms with Crippen molar-refractivity contribution >= 4 is 0 Å². The molecule has 0 N–H and O–H groups in total. The summed E-state index contributed by atoms with van der Waals surface area (Å²) in [6.45, 7) is 0.553. The third-order valence-electron chi connectivity index (χ3n) is 6.92. The highest BCUT2D eigenvalue weighted by Crippen LogP contribution is 2.35. The molecule has 42 heavy (non-hydrogen) atoms. The molecule has 0 bridgehead atoms. The second-order valence-corrected chi connectivity index (χ2v) is 9.67. The summed E-state index contributed by atoms with van der Waals surface area (Å²) in [7, 11) is 0. The Hall–Kier alpha value is -4.59. The Morgan fingerprint density at radius 2 is 0.857 bits per heavy atom. The van der Waals surface area contributed by atoms with Crippen LogP contribution in [0, 0.1) is 34.9 Å². The average Bonchev–Trinajstić information content (AvgIpc) is 2.95. The van der Waals surface area contributed by atoms with E-state index in [1.165, 1.54) is 42.5 Å². The molecule has 0 atom stereocenters. The van der Waals surface area contributed by atoms with Gasteiger partial charge in [-0.3, -0.25) is 0 Å². The average molecular weight is 581 g/mol. The number of hydrogen-bond acceptors (Lipinski definition) is 1. The molecule has 0 spiro atoms. The molecule has 5 aromatic carbocycles. The molecule has 0 aliphatic rings. The van der Waals surface area contributed by atoms with Gasteiger partial charge in [0, 0.05) is 22.3 Å². The minimum Gasteiger partial charge on any atom is -0.457 e. The molecule has 0 aliphatic heterocycles. The number of hydrogen-bond donors (Lipinski definition) is 0. The van der Waals surface area contributed by atoms with Gasteiger partial charge in [0.25, 0.3) is 0 Å². The van der Waals surface area contributed by atoms with Crippen LogP contribution in [0.5, 0.6) is 5.75 Å². The first-order valence-electron chi connectivity index (χ1n) is 13.1. The van der Waals surface area contributed by atoms with Gasteiger partial charge in [0.05, 0.1) is 0 Å². The van der Waals surface area contributed by atoms with Gasteiger partial charge in [-0.25, -0.2) is 30.7 Å². The van der Waals surface area contributed by atoms with Crippen LogP contribution in [0.25, 0.3) is 44.5 Å². The van der Waals surface area contributed by atoms with Crippen LogP contribution in [0.15, 0.2) is 84.9 Å². The molecule has 5 rings (SSSR count). The summed E-state index contributed by atoms with van der Waals surface area (Å²) < 4.78 is 105. The van der Waals surface area contributed by atoms with Crippen LogP contribution in [-0.4, -0.2) is 6.86 Å². The molecule has 1 nitrogen and oxygen atoms in total. The fraction of sp³-hybridized carbons (Fsp3) is 0.118. The first kappa shape index (κ1) is 28.9. The minimum absolute atomic E-state index is 0.0134. The molecule has 0 amide bonds. The molecule has 0 aromatic heterocycles. The number of aryl methyl sites for hydroxylation is 1. The predicted octanol–water partition coefficient (Wildman–Crippen LogP) is 10.4.